The first-order valence-electron chi connectivity index (χ1n) is 7.28. The summed E-state index contributed by atoms with van der Waals surface area (Å²) >= 11 is 1.69. The highest BCUT2D eigenvalue weighted by Crippen LogP contribution is 2.39. The lowest BCUT2D eigenvalue weighted by atomic mass is 9.74. The number of aromatic nitrogens is 1. The van der Waals surface area contributed by atoms with Crippen LogP contribution >= 0.6 is 11.3 Å². The van der Waals surface area contributed by atoms with E-state index in [4.69, 9.17) is 4.98 Å². The van der Waals surface area contributed by atoms with Crippen molar-refractivity contribution in [2.75, 3.05) is 18.4 Å². The number of nitrogens with one attached hydrogen (secondary N) is 2. The number of guanidine groups is 1. The Bertz CT molecular complexity index is 460. The van der Waals surface area contributed by atoms with Crippen molar-refractivity contribution in [1.29, 1.82) is 0 Å². The normalized spacial score (nSPS) is 22.5. The minimum absolute atomic E-state index is 0.288. The van der Waals surface area contributed by atoms with Crippen LogP contribution in [0.5, 0.6) is 0 Å². The maximum atomic E-state index is 4.79. The van der Waals surface area contributed by atoms with Gasteiger partial charge in [0.2, 0.25) is 0 Å². The predicted octanol–water partition coefficient (Wildman–Crippen LogP) is 3.13. The zero-order chi connectivity index (χ0) is 13.1. The van der Waals surface area contributed by atoms with Crippen molar-refractivity contribution >= 4 is 22.4 Å². The Morgan fingerprint density at radius 3 is 2.84 bits per heavy atom. The molecule has 0 bridgehead atoms. The van der Waals surface area contributed by atoms with Gasteiger partial charge in [-0.1, -0.05) is 26.2 Å². The van der Waals surface area contributed by atoms with E-state index in [1.807, 2.05) is 0 Å². The van der Waals surface area contributed by atoms with Gasteiger partial charge < -0.3 is 10.6 Å². The Balaban J connectivity index is 1.70. The average Bonchev–Trinajstić information content (AvgIpc) is 2.90. The van der Waals surface area contributed by atoms with E-state index in [0.717, 1.165) is 30.6 Å². The van der Waals surface area contributed by atoms with Gasteiger partial charge in [0.25, 0.3) is 0 Å². The summed E-state index contributed by atoms with van der Waals surface area (Å²) in [5.74, 6) is 0.876. The highest BCUT2D eigenvalue weighted by molar-refractivity contribution is 7.14. The van der Waals surface area contributed by atoms with Crippen molar-refractivity contribution in [2.24, 2.45) is 4.99 Å². The first kappa shape index (κ1) is 12.9. The fraction of sp³-hybridized carbons (Fsp3) is 0.714. The monoisotopic (exact) mass is 278 g/mol. The molecule has 2 N–H and O–H groups in total. The second kappa shape index (κ2) is 5.49. The SMILES string of the molecule is CC1(c2csc(NC3=NCCCN3)n2)CCCCC1. The molecule has 1 aromatic rings. The van der Waals surface area contributed by atoms with Crippen molar-refractivity contribution in [3.63, 3.8) is 0 Å². The van der Waals surface area contributed by atoms with Crippen LogP contribution in [0.1, 0.15) is 51.1 Å². The molecule has 2 aliphatic rings. The van der Waals surface area contributed by atoms with Gasteiger partial charge in [0.15, 0.2) is 11.1 Å². The summed E-state index contributed by atoms with van der Waals surface area (Å²) in [4.78, 5) is 9.21. The number of nitrogens with zero attached hydrogens (tertiary/aromatic N) is 2. The van der Waals surface area contributed by atoms with E-state index >= 15 is 0 Å². The van der Waals surface area contributed by atoms with Gasteiger partial charge in [0.05, 0.1) is 5.69 Å². The summed E-state index contributed by atoms with van der Waals surface area (Å²) in [6, 6.07) is 0. The quantitative estimate of drug-likeness (QED) is 0.874. The zero-order valence-corrected chi connectivity index (χ0v) is 12.4. The molecule has 0 spiro atoms. The van der Waals surface area contributed by atoms with Gasteiger partial charge in [-0.15, -0.1) is 11.3 Å². The van der Waals surface area contributed by atoms with Crippen LogP contribution in [-0.2, 0) is 5.41 Å². The first-order chi connectivity index (χ1) is 9.26. The molecule has 0 saturated heterocycles. The molecule has 1 aromatic heterocycles. The summed E-state index contributed by atoms with van der Waals surface area (Å²) in [6.07, 6.45) is 7.72. The van der Waals surface area contributed by atoms with Crippen LogP contribution in [0.4, 0.5) is 5.13 Å². The van der Waals surface area contributed by atoms with Gasteiger partial charge in [-0.2, -0.15) is 0 Å². The Morgan fingerprint density at radius 2 is 2.11 bits per heavy atom. The van der Waals surface area contributed by atoms with Crippen LogP contribution in [-0.4, -0.2) is 24.0 Å². The zero-order valence-electron chi connectivity index (χ0n) is 11.5. The van der Waals surface area contributed by atoms with Crippen molar-refractivity contribution in [2.45, 2.75) is 50.9 Å². The van der Waals surface area contributed by atoms with E-state index < -0.39 is 0 Å². The lowest BCUT2D eigenvalue weighted by molar-refractivity contribution is 0.313. The number of anilines is 1. The minimum atomic E-state index is 0.288. The van der Waals surface area contributed by atoms with Gasteiger partial charge in [-0.25, -0.2) is 4.98 Å². The molecule has 0 aromatic carbocycles. The Morgan fingerprint density at radius 1 is 1.26 bits per heavy atom. The van der Waals surface area contributed by atoms with Gasteiger partial charge in [-0.3, -0.25) is 4.99 Å². The molecule has 2 heterocycles. The van der Waals surface area contributed by atoms with Crippen LogP contribution < -0.4 is 10.6 Å². The molecule has 0 atom stereocenters. The first-order valence-corrected chi connectivity index (χ1v) is 8.16. The van der Waals surface area contributed by atoms with Gasteiger partial charge >= 0.3 is 0 Å². The van der Waals surface area contributed by atoms with E-state index in [1.165, 1.54) is 37.8 Å². The van der Waals surface area contributed by atoms with E-state index in [-0.39, 0.29) is 5.41 Å². The largest absolute Gasteiger partial charge is 0.356 e. The molecule has 1 aliphatic heterocycles. The van der Waals surface area contributed by atoms with Crippen molar-refractivity contribution in [1.82, 2.24) is 10.3 Å². The Labute approximate surface area is 118 Å². The summed E-state index contributed by atoms with van der Waals surface area (Å²) in [7, 11) is 0. The molecule has 5 heteroatoms. The molecule has 0 amide bonds. The van der Waals surface area contributed by atoms with E-state index in [0.29, 0.717) is 0 Å². The molecule has 4 nitrogen and oxygen atoms in total. The smallest absolute Gasteiger partial charge is 0.197 e. The molecule has 1 fully saturated rings. The second-order valence-electron chi connectivity index (χ2n) is 5.79. The van der Waals surface area contributed by atoms with E-state index in [9.17, 15) is 0 Å². The van der Waals surface area contributed by atoms with Crippen LogP contribution in [0, 0.1) is 0 Å². The molecule has 0 unspecified atom stereocenters. The number of rotatable bonds is 2. The molecular formula is C14H22N4S. The van der Waals surface area contributed by atoms with Crippen molar-refractivity contribution < 1.29 is 0 Å². The number of aliphatic imine (C=N–C) groups is 1. The molecule has 104 valence electrons. The Kier molecular flexibility index (Phi) is 3.73. The topological polar surface area (TPSA) is 49.3 Å². The highest BCUT2D eigenvalue weighted by atomic mass is 32.1. The Hall–Kier alpha value is -1.10. The van der Waals surface area contributed by atoms with Gasteiger partial charge in [0.1, 0.15) is 0 Å². The van der Waals surface area contributed by atoms with Crippen molar-refractivity contribution in [3.8, 4) is 0 Å². The summed E-state index contributed by atoms with van der Waals surface area (Å²) in [5.41, 5.74) is 1.55. The van der Waals surface area contributed by atoms with Crippen LogP contribution in [0.2, 0.25) is 0 Å². The third kappa shape index (κ3) is 2.91. The van der Waals surface area contributed by atoms with Crippen molar-refractivity contribution in [3.05, 3.63) is 11.1 Å². The molecule has 1 aliphatic carbocycles. The fourth-order valence-electron chi connectivity index (χ4n) is 2.91. The minimum Gasteiger partial charge on any atom is -0.356 e. The summed E-state index contributed by atoms with van der Waals surface area (Å²) in [6.45, 7) is 4.27. The number of thiazole rings is 1. The van der Waals surface area contributed by atoms with Crippen LogP contribution in [0.15, 0.2) is 10.4 Å². The maximum absolute atomic E-state index is 4.79. The number of hydrogen-bond acceptors (Lipinski definition) is 5. The third-order valence-corrected chi connectivity index (χ3v) is 4.96. The molecule has 3 rings (SSSR count). The van der Waals surface area contributed by atoms with Gasteiger partial charge in [-0.05, 0) is 19.3 Å². The molecule has 0 radical (unpaired) electrons. The van der Waals surface area contributed by atoms with Gasteiger partial charge in [0, 0.05) is 23.9 Å². The molecular weight excluding hydrogens is 256 g/mol. The summed E-state index contributed by atoms with van der Waals surface area (Å²) < 4.78 is 0. The number of hydrogen-bond donors (Lipinski definition) is 2. The van der Waals surface area contributed by atoms with E-state index in [1.54, 1.807) is 11.3 Å². The lowest BCUT2D eigenvalue weighted by Gasteiger charge is -2.31. The average molecular weight is 278 g/mol. The standard InChI is InChI=1S/C14H22N4S/c1-14(6-3-2-4-7-14)11-10-19-13(17-11)18-12-15-8-5-9-16-12/h10H,2-9H2,1H3,(H2,15,16,17,18). The summed E-state index contributed by atoms with van der Waals surface area (Å²) in [5, 5.41) is 9.76. The van der Waals surface area contributed by atoms with Crippen LogP contribution in [0.25, 0.3) is 0 Å². The second-order valence-corrected chi connectivity index (χ2v) is 6.65. The highest BCUT2D eigenvalue weighted by Gasteiger charge is 2.31. The molecule has 1 saturated carbocycles. The predicted molar refractivity (Wildman–Crippen MR) is 81.1 cm³/mol. The third-order valence-electron chi connectivity index (χ3n) is 4.20. The molecule has 19 heavy (non-hydrogen) atoms. The van der Waals surface area contributed by atoms with Crippen LogP contribution in [0.3, 0.4) is 0 Å². The fourth-order valence-corrected chi connectivity index (χ4v) is 3.78. The maximum Gasteiger partial charge on any atom is 0.197 e. The van der Waals surface area contributed by atoms with E-state index in [2.05, 4.69) is 27.9 Å². The lowest BCUT2D eigenvalue weighted by Crippen LogP contribution is -2.35.